The van der Waals surface area contributed by atoms with Gasteiger partial charge in [-0.05, 0) is 0 Å². The van der Waals surface area contributed by atoms with Crippen molar-refractivity contribution in [1.29, 1.82) is 0 Å². The summed E-state index contributed by atoms with van der Waals surface area (Å²) in [6.07, 6.45) is 0. The summed E-state index contributed by atoms with van der Waals surface area (Å²) in [5.41, 5.74) is 0. The Morgan fingerprint density at radius 3 is 1.60 bits per heavy atom. The standard InChI is InChI=1S/C8H8O6S/c1-13-7(11)5-3(9)4(10)6(15-5)8(12)14-2/h9-10H,1-2H3. The summed E-state index contributed by atoms with van der Waals surface area (Å²) in [6.45, 7) is 0. The van der Waals surface area contributed by atoms with Crippen molar-refractivity contribution in [2.24, 2.45) is 0 Å². The minimum absolute atomic E-state index is 0.240. The molecular formula is C8H8O6S. The average molecular weight is 232 g/mol. The van der Waals surface area contributed by atoms with Gasteiger partial charge in [0.15, 0.2) is 21.3 Å². The first-order chi connectivity index (χ1) is 7.02. The summed E-state index contributed by atoms with van der Waals surface area (Å²) >= 11 is 0.602. The molecule has 0 unspecified atom stereocenters. The van der Waals surface area contributed by atoms with Crippen LogP contribution in [0.1, 0.15) is 19.3 Å². The number of thiophene rings is 1. The van der Waals surface area contributed by atoms with Gasteiger partial charge in [-0.25, -0.2) is 9.59 Å². The molecule has 0 radical (unpaired) electrons. The maximum Gasteiger partial charge on any atom is 0.352 e. The number of carbonyl (C=O) groups excluding carboxylic acids is 2. The quantitative estimate of drug-likeness (QED) is 0.730. The molecule has 1 aromatic heterocycles. The van der Waals surface area contributed by atoms with E-state index in [-0.39, 0.29) is 9.75 Å². The summed E-state index contributed by atoms with van der Waals surface area (Å²) in [4.78, 5) is 21.7. The average Bonchev–Trinajstić information content (AvgIpc) is 2.54. The zero-order valence-electron chi connectivity index (χ0n) is 7.94. The fourth-order valence-corrected chi connectivity index (χ4v) is 1.80. The fourth-order valence-electron chi connectivity index (χ4n) is 0.876. The Morgan fingerprint density at radius 1 is 1.00 bits per heavy atom. The lowest BCUT2D eigenvalue weighted by atomic mass is 10.3. The Hall–Kier alpha value is -1.76. The van der Waals surface area contributed by atoms with E-state index in [2.05, 4.69) is 9.47 Å². The van der Waals surface area contributed by atoms with Crippen LogP contribution in [-0.2, 0) is 9.47 Å². The molecule has 1 heterocycles. The van der Waals surface area contributed by atoms with Crippen molar-refractivity contribution in [3.63, 3.8) is 0 Å². The van der Waals surface area contributed by atoms with Gasteiger partial charge in [-0.1, -0.05) is 0 Å². The minimum Gasteiger partial charge on any atom is -0.503 e. The number of esters is 2. The smallest absolute Gasteiger partial charge is 0.352 e. The minimum atomic E-state index is -0.831. The Bertz CT molecular complexity index is 371. The fraction of sp³-hybridized carbons (Fsp3) is 0.250. The number of rotatable bonds is 2. The highest BCUT2D eigenvalue weighted by atomic mass is 32.1. The second kappa shape index (κ2) is 4.18. The predicted molar refractivity (Wildman–Crippen MR) is 50.3 cm³/mol. The topological polar surface area (TPSA) is 93.1 Å². The van der Waals surface area contributed by atoms with Crippen molar-refractivity contribution < 1.29 is 29.3 Å². The summed E-state index contributed by atoms with van der Waals surface area (Å²) < 4.78 is 8.69. The molecule has 0 aliphatic heterocycles. The normalized spacial score (nSPS) is 9.73. The van der Waals surface area contributed by atoms with Gasteiger partial charge in [-0.2, -0.15) is 0 Å². The molecule has 0 amide bonds. The van der Waals surface area contributed by atoms with Crippen LogP contribution in [0, 0.1) is 0 Å². The van der Waals surface area contributed by atoms with Crippen molar-refractivity contribution in [3.8, 4) is 11.5 Å². The Balaban J connectivity index is 3.24. The molecule has 0 fully saturated rings. The van der Waals surface area contributed by atoms with Crippen molar-refractivity contribution >= 4 is 23.3 Å². The summed E-state index contributed by atoms with van der Waals surface area (Å²) in [7, 11) is 2.24. The molecule has 1 aromatic rings. The number of carbonyl (C=O) groups is 2. The van der Waals surface area contributed by atoms with E-state index in [0.29, 0.717) is 11.3 Å². The predicted octanol–water partition coefficient (Wildman–Crippen LogP) is 0.732. The molecule has 0 saturated carbocycles. The first-order valence-electron chi connectivity index (χ1n) is 3.74. The maximum absolute atomic E-state index is 11.1. The van der Waals surface area contributed by atoms with E-state index in [1.165, 1.54) is 0 Å². The van der Waals surface area contributed by atoms with Crippen LogP contribution in [0.15, 0.2) is 0 Å². The molecule has 0 spiro atoms. The number of aromatic hydroxyl groups is 2. The maximum atomic E-state index is 11.1. The summed E-state index contributed by atoms with van der Waals surface area (Å²) in [6, 6.07) is 0. The molecule has 7 heteroatoms. The van der Waals surface area contributed by atoms with Gasteiger partial charge in [0, 0.05) is 0 Å². The van der Waals surface area contributed by atoms with E-state index in [1.54, 1.807) is 0 Å². The number of hydrogen-bond acceptors (Lipinski definition) is 7. The van der Waals surface area contributed by atoms with Gasteiger partial charge in [0.2, 0.25) is 0 Å². The lowest BCUT2D eigenvalue weighted by Gasteiger charge is -1.94. The largest absolute Gasteiger partial charge is 0.503 e. The van der Waals surface area contributed by atoms with Crippen LogP contribution in [0.25, 0.3) is 0 Å². The molecule has 2 N–H and O–H groups in total. The lowest BCUT2D eigenvalue weighted by Crippen LogP contribution is -1.98. The van der Waals surface area contributed by atoms with E-state index in [0.717, 1.165) is 14.2 Å². The highest BCUT2D eigenvalue weighted by Gasteiger charge is 2.27. The second-order valence-corrected chi connectivity index (χ2v) is 3.46. The van der Waals surface area contributed by atoms with Crippen LogP contribution >= 0.6 is 11.3 Å². The van der Waals surface area contributed by atoms with E-state index < -0.39 is 23.4 Å². The third-order valence-electron chi connectivity index (χ3n) is 1.60. The Labute approximate surface area is 88.7 Å². The van der Waals surface area contributed by atoms with Crippen LogP contribution < -0.4 is 0 Å². The molecule has 82 valence electrons. The molecule has 0 atom stereocenters. The number of methoxy groups -OCH3 is 2. The SMILES string of the molecule is COC(=O)c1sc(C(=O)OC)c(O)c1O. The van der Waals surface area contributed by atoms with E-state index in [4.69, 9.17) is 0 Å². The van der Waals surface area contributed by atoms with Crippen LogP contribution in [0.5, 0.6) is 11.5 Å². The Morgan fingerprint density at radius 2 is 1.33 bits per heavy atom. The van der Waals surface area contributed by atoms with Gasteiger partial charge in [-0.3, -0.25) is 0 Å². The van der Waals surface area contributed by atoms with Crippen LogP contribution in [0.2, 0.25) is 0 Å². The van der Waals surface area contributed by atoms with Gasteiger partial charge < -0.3 is 19.7 Å². The molecule has 0 aromatic carbocycles. The molecule has 1 rings (SSSR count). The molecular weight excluding hydrogens is 224 g/mol. The van der Waals surface area contributed by atoms with Gasteiger partial charge in [0.05, 0.1) is 14.2 Å². The molecule has 0 bridgehead atoms. The van der Waals surface area contributed by atoms with Crippen LogP contribution in [0.4, 0.5) is 0 Å². The molecule has 0 aliphatic rings. The van der Waals surface area contributed by atoms with Gasteiger partial charge in [-0.15, -0.1) is 11.3 Å². The highest BCUT2D eigenvalue weighted by Crippen LogP contribution is 2.40. The first-order valence-corrected chi connectivity index (χ1v) is 4.55. The summed E-state index contributed by atoms with van der Waals surface area (Å²) in [5.74, 6) is -3.01. The van der Waals surface area contributed by atoms with Crippen molar-refractivity contribution in [1.82, 2.24) is 0 Å². The van der Waals surface area contributed by atoms with Crippen molar-refractivity contribution in [3.05, 3.63) is 9.75 Å². The Kier molecular flexibility index (Phi) is 3.15. The van der Waals surface area contributed by atoms with Gasteiger partial charge in [0.25, 0.3) is 0 Å². The third-order valence-corrected chi connectivity index (χ3v) is 2.73. The van der Waals surface area contributed by atoms with E-state index >= 15 is 0 Å². The molecule has 15 heavy (non-hydrogen) atoms. The van der Waals surface area contributed by atoms with E-state index in [9.17, 15) is 19.8 Å². The van der Waals surface area contributed by atoms with Crippen molar-refractivity contribution in [2.75, 3.05) is 14.2 Å². The highest BCUT2D eigenvalue weighted by molar-refractivity contribution is 7.16. The zero-order chi connectivity index (χ0) is 11.6. The monoisotopic (exact) mass is 232 g/mol. The van der Waals surface area contributed by atoms with Crippen LogP contribution in [-0.4, -0.2) is 36.4 Å². The summed E-state index contributed by atoms with van der Waals surface area (Å²) in [5, 5.41) is 18.6. The molecule has 0 saturated heterocycles. The van der Waals surface area contributed by atoms with Crippen LogP contribution in [0.3, 0.4) is 0 Å². The first kappa shape index (κ1) is 11.3. The zero-order valence-corrected chi connectivity index (χ0v) is 8.75. The molecule has 0 aliphatic carbocycles. The third kappa shape index (κ3) is 1.86. The number of hydrogen-bond donors (Lipinski definition) is 2. The van der Waals surface area contributed by atoms with Gasteiger partial charge >= 0.3 is 11.9 Å². The molecule has 6 nitrogen and oxygen atoms in total. The van der Waals surface area contributed by atoms with Crippen molar-refractivity contribution in [2.45, 2.75) is 0 Å². The van der Waals surface area contributed by atoms with E-state index in [1.807, 2.05) is 0 Å². The van der Waals surface area contributed by atoms with Gasteiger partial charge in [0.1, 0.15) is 0 Å². The lowest BCUT2D eigenvalue weighted by molar-refractivity contribution is 0.0593. The number of ether oxygens (including phenoxy) is 2. The second-order valence-electron chi connectivity index (χ2n) is 2.44.